The van der Waals surface area contributed by atoms with Gasteiger partial charge in [-0.2, -0.15) is 0 Å². The number of nitrogens with zero attached hydrogens (tertiary/aromatic N) is 2. The van der Waals surface area contributed by atoms with Gasteiger partial charge in [0.15, 0.2) is 5.82 Å². The van der Waals surface area contributed by atoms with E-state index in [9.17, 15) is 9.59 Å². The molecule has 0 bridgehead atoms. The number of hydrogen-bond acceptors (Lipinski definition) is 8. The van der Waals surface area contributed by atoms with Gasteiger partial charge in [0, 0.05) is 16.9 Å². The highest BCUT2D eigenvalue weighted by Gasteiger charge is 2.29. The highest BCUT2D eigenvalue weighted by molar-refractivity contribution is 7.19. The van der Waals surface area contributed by atoms with E-state index >= 15 is 0 Å². The number of aryl methyl sites for hydroxylation is 1. The van der Waals surface area contributed by atoms with Crippen molar-refractivity contribution >= 4 is 62.9 Å². The maximum Gasteiger partial charge on any atom is 0.275 e. The molecule has 1 aliphatic heterocycles. The van der Waals surface area contributed by atoms with Crippen LogP contribution in [-0.4, -0.2) is 28.9 Å². The summed E-state index contributed by atoms with van der Waals surface area (Å²) in [7, 11) is 1.66. The van der Waals surface area contributed by atoms with Gasteiger partial charge in [0.1, 0.15) is 22.1 Å². The first-order chi connectivity index (χ1) is 15.9. The molecule has 4 aromatic rings. The molecule has 1 aromatic carbocycles. The predicted molar refractivity (Wildman–Crippen MR) is 138 cm³/mol. The van der Waals surface area contributed by atoms with Crippen molar-refractivity contribution in [3.8, 4) is 16.5 Å². The number of fused-ring (bicyclic) bond motifs is 1. The van der Waals surface area contributed by atoms with Gasteiger partial charge in [-0.25, -0.2) is 9.97 Å². The highest BCUT2D eigenvalue weighted by Crippen LogP contribution is 2.38. The number of rotatable bonds is 6. The van der Waals surface area contributed by atoms with Crippen LogP contribution < -0.4 is 15.4 Å². The van der Waals surface area contributed by atoms with Gasteiger partial charge in [0.05, 0.1) is 17.4 Å². The Morgan fingerprint density at radius 3 is 2.59 bits per heavy atom. The highest BCUT2D eigenvalue weighted by atomic mass is 35.5. The van der Waals surface area contributed by atoms with Crippen LogP contribution in [0.1, 0.15) is 22.9 Å². The second kappa shape index (κ2) is 9.54. The van der Waals surface area contributed by atoms with Gasteiger partial charge in [0.25, 0.3) is 11.8 Å². The lowest BCUT2D eigenvalue weighted by Gasteiger charge is -2.10. The molecule has 5 rings (SSSR count). The number of halogens is 1. The molecule has 174 valence electrons. The zero-order valence-electron chi connectivity index (χ0n) is 18.6. The lowest BCUT2D eigenvalue weighted by Crippen LogP contribution is -2.24. The first-order valence-corrected chi connectivity index (χ1v) is 11.9. The maximum atomic E-state index is 12.3. The molecular formula is C24H21ClN4O3S2. The Morgan fingerprint density at radius 2 is 1.91 bits per heavy atom. The number of imide groups is 1. The molecule has 0 saturated carbocycles. The normalized spacial score (nSPS) is 13.3. The molecule has 0 aliphatic carbocycles. The number of thiophene rings is 2. The van der Waals surface area contributed by atoms with Crippen LogP contribution in [0.15, 0.2) is 53.0 Å². The molecule has 10 heteroatoms. The largest absolute Gasteiger partial charge is 0.497 e. The number of methoxy groups -OCH3 is 1. The van der Waals surface area contributed by atoms with E-state index in [0.717, 1.165) is 43.3 Å². The third kappa shape index (κ3) is 4.29. The number of benzene rings is 1. The Bertz CT molecular complexity index is 1440. The molecule has 34 heavy (non-hydrogen) atoms. The number of hydrogen-bond donors (Lipinski definition) is 2. The van der Waals surface area contributed by atoms with E-state index in [2.05, 4.69) is 16.7 Å². The van der Waals surface area contributed by atoms with Crippen molar-refractivity contribution in [1.29, 1.82) is 0 Å². The van der Waals surface area contributed by atoms with E-state index in [0.29, 0.717) is 17.2 Å². The van der Waals surface area contributed by atoms with E-state index in [-0.39, 0.29) is 18.1 Å². The summed E-state index contributed by atoms with van der Waals surface area (Å²) in [6, 6.07) is 11.9. The standard InChI is InChI=1S/C24H20N4O3S2.ClH/c1-12-17(11-14-6-4-7-15(10-14)31-3)33-24-18(12)21(25-19-13(2)22(29)28-23(19)30)26-20(27-24)16-8-5-9-32-16;/h4-10H,11H2,1-3H3,(H2,25,26,27,28,29,30);1H. The zero-order valence-corrected chi connectivity index (χ0v) is 21.0. The summed E-state index contributed by atoms with van der Waals surface area (Å²) in [5, 5.41) is 8.29. The molecule has 4 heterocycles. The average Bonchev–Trinajstić information content (AvgIpc) is 3.50. The van der Waals surface area contributed by atoms with Crippen molar-refractivity contribution in [2.75, 3.05) is 12.4 Å². The average molecular weight is 513 g/mol. The van der Waals surface area contributed by atoms with Gasteiger partial charge >= 0.3 is 0 Å². The number of carbonyl (C=O) groups is 2. The molecule has 1 aliphatic rings. The minimum atomic E-state index is -0.452. The fourth-order valence-electron chi connectivity index (χ4n) is 3.74. The van der Waals surface area contributed by atoms with Gasteiger partial charge < -0.3 is 10.1 Å². The minimum absolute atomic E-state index is 0. The first kappa shape index (κ1) is 23.9. The van der Waals surface area contributed by atoms with Crippen LogP contribution in [0.5, 0.6) is 5.75 Å². The van der Waals surface area contributed by atoms with Crippen molar-refractivity contribution in [3.63, 3.8) is 0 Å². The summed E-state index contributed by atoms with van der Waals surface area (Å²) in [6.45, 7) is 3.66. The van der Waals surface area contributed by atoms with E-state index < -0.39 is 11.8 Å². The third-order valence-electron chi connectivity index (χ3n) is 5.54. The molecule has 2 N–H and O–H groups in total. The molecule has 3 aromatic heterocycles. The summed E-state index contributed by atoms with van der Waals surface area (Å²) >= 11 is 3.15. The van der Waals surface area contributed by atoms with Crippen molar-refractivity contribution in [2.45, 2.75) is 20.3 Å². The Hall–Kier alpha value is -3.27. The number of anilines is 1. The van der Waals surface area contributed by atoms with Crippen LogP contribution in [0.2, 0.25) is 0 Å². The molecule has 7 nitrogen and oxygen atoms in total. The molecule has 0 fully saturated rings. The van der Waals surface area contributed by atoms with Crippen LogP contribution in [0.4, 0.5) is 5.82 Å². The van der Waals surface area contributed by atoms with Crippen LogP contribution in [-0.2, 0) is 16.0 Å². The van der Waals surface area contributed by atoms with Crippen LogP contribution in [0.25, 0.3) is 20.9 Å². The van der Waals surface area contributed by atoms with Gasteiger partial charge in [-0.3, -0.25) is 14.9 Å². The predicted octanol–water partition coefficient (Wildman–Crippen LogP) is 5.09. The molecule has 0 atom stereocenters. The Morgan fingerprint density at radius 1 is 1.09 bits per heavy atom. The second-order valence-electron chi connectivity index (χ2n) is 7.64. The number of ether oxygens (including phenoxy) is 1. The number of carbonyl (C=O) groups excluding carboxylic acids is 2. The summed E-state index contributed by atoms with van der Waals surface area (Å²) in [6.07, 6.45) is 0.721. The zero-order chi connectivity index (χ0) is 23.1. The summed E-state index contributed by atoms with van der Waals surface area (Å²) in [5.74, 6) is 1.07. The SMILES string of the molecule is COc1cccc(Cc2sc3nc(-c4cccs4)nc(NC4=C(C)C(=O)NC4=O)c3c2C)c1.Cl. The van der Waals surface area contributed by atoms with Gasteiger partial charge in [-0.05, 0) is 48.6 Å². The minimum Gasteiger partial charge on any atom is -0.497 e. The molecule has 0 unspecified atom stereocenters. The second-order valence-corrected chi connectivity index (χ2v) is 9.67. The lowest BCUT2D eigenvalue weighted by atomic mass is 10.1. The number of nitrogens with one attached hydrogen (secondary N) is 2. The Labute approximate surface area is 210 Å². The molecule has 0 spiro atoms. The lowest BCUT2D eigenvalue weighted by molar-refractivity contribution is -0.124. The fraction of sp³-hybridized carbons (Fsp3) is 0.167. The molecule has 0 saturated heterocycles. The van der Waals surface area contributed by atoms with Crippen LogP contribution >= 0.6 is 35.1 Å². The molecular weight excluding hydrogens is 492 g/mol. The van der Waals surface area contributed by atoms with Gasteiger partial charge in [-0.15, -0.1) is 35.1 Å². The summed E-state index contributed by atoms with van der Waals surface area (Å²) in [4.78, 5) is 36.8. The van der Waals surface area contributed by atoms with Crippen LogP contribution in [0.3, 0.4) is 0 Å². The molecule has 2 amide bonds. The number of amides is 2. The first-order valence-electron chi connectivity index (χ1n) is 10.2. The smallest absolute Gasteiger partial charge is 0.275 e. The van der Waals surface area contributed by atoms with Gasteiger partial charge in [-0.1, -0.05) is 18.2 Å². The maximum absolute atomic E-state index is 12.3. The molecule has 0 radical (unpaired) electrons. The van der Waals surface area contributed by atoms with Gasteiger partial charge in [0.2, 0.25) is 0 Å². The topological polar surface area (TPSA) is 93.2 Å². The van der Waals surface area contributed by atoms with Crippen molar-refractivity contribution < 1.29 is 14.3 Å². The summed E-state index contributed by atoms with van der Waals surface area (Å²) < 4.78 is 5.36. The van der Waals surface area contributed by atoms with E-state index in [1.54, 1.807) is 36.7 Å². The Kier molecular flexibility index (Phi) is 6.70. The summed E-state index contributed by atoms with van der Waals surface area (Å²) in [5.41, 5.74) is 2.73. The van der Waals surface area contributed by atoms with E-state index in [4.69, 9.17) is 14.7 Å². The van der Waals surface area contributed by atoms with Crippen LogP contribution in [0, 0.1) is 6.92 Å². The van der Waals surface area contributed by atoms with E-state index in [1.807, 2.05) is 42.6 Å². The van der Waals surface area contributed by atoms with E-state index in [1.165, 1.54) is 0 Å². The third-order valence-corrected chi connectivity index (χ3v) is 7.59. The van der Waals surface area contributed by atoms with Crippen molar-refractivity contribution in [1.82, 2.24) is 15.3 Å². The Balaban J connectivity index is 0.00000274. The monoisotopic (exact) mass is 512 g/mol. The fourth-order valence-corrected chi connectivity index (χ4v) is 5.61. The number of aromatic nitrogens is 2. The quantitative estimate of drug-likeness (QED) is 0.349. The van der Waals surface area contributed by atoms with Crippen molar-refractivity contribution in [2.24, 2.45) is 0 Å². The van der Waals surface area contributed by atoms with Crippen molar-refractivity contribution in [3.05, 3.63) is 69.1 Å².